The Hall–Kier alpha value is -0.920. The van der Waals surface area contributed by atoms with Gasteiger partial charge in [0.15, 0.2) is 0 Å². The van der Waals surface area contributed by atoms with Gasteiger partial charge in [0.1, 0.15) is 4.21 Å². The van der Waals surface area contributed by atoms with Crippen LogP contribution in [0.25, 0.3) is 0 Å². The van der Waals surface area contributed by atoms with E-state index in [0.29, 0.717) is 12.5 Å². The first-order valence-electron chi connectivity index (χ1n) is 6.75. The fourth-order valence-corrected chi connectivity index (χ4v) is 4.17. The summed E-state index contributed by atoms with van der Waals surface area (Å²) in [7, 11) is -3.64. The molecule has 1 aromatic heterocycles. The van der Waals surface area contributed by atoms with Gasteiger partial charge in [-0.3, -0.25) is 4.79 Å². The van der Waals surface area contributed by atoms with Crippen LogP contribution in [0.1, 0.15) is 37.5 Å². The molecule has 1 heterocycles. The van der Waals surface area contributed by atoms with Crippen molar-refractivity contribution in [1.29, 1.82) is 0 Å². The third kappa shape index (κ3) is 4.04. The van der Waals surface area contributed by atoms with Gasteiger partial charge >= 0.3 is 0 Å². The van der Waals surface area contributed by atoms with E-state index in [1.165, 1.54) is 6.07 Å². The topological polar surface area (TPSA) is 89.3 Å². The Kier molecular flexibility index (Phi) is 4.82. The Balaban J connectivity index is 1.86. The summed E-state index contributed by atoms with van der Waals surface area (Å²) in [6.07, 6.45) is 4.10. The fraction of sp³-hybridized carbons (Fsp3) is 0.615. The lowest BCUT2D eigenvalue weighted by atomic mass is 9.82. The molecule has 0 atom stereocenters. The second kappa shape index (κ2) is 6.24. The molecule has 0 radical (unpaired) electrons. The van der Waals surface area contributed by atoms with Gasteiger partial charge in [-0.25, -0.2) is 13.6 Å². The molecule has 0 unspecified atom stereocenters. The number of carbonyl (C=O) groups is 1. The third-order valence-electron chi connectivity index (χ3n) is 3.74. The summed E-state index contributed by atoms with van der Waals surface area (Å²) in [6, 6.07) is 3.16. The van der Waals surface area contributed by atoms with Gasteiger partial charge < -0.3 is 5.32 Å². The van der Waals surface area contributed by atoms with Crippen LogP contribution in [0.2, 0.25) is 0 Å². The number of primary sulfonamides is 1. The predicted molar refractivity (Wildman–Crippen MR) is 78.7 cm³/mol. The quantitative estimate of drug-likeness (QED) is 0.888. The largest absolute Gasteiger partial charge is 0.351 e. The van der Waals surface area contributed by atoms with Crippen LogP contribution in [0, 0.1) is 11.8 Å². The normalized spacial score (nSPS) is 23.5. The monoisotopic (exact) mass is 316 g/mol. The summed E-state index contributed by atoms with van der Waals surface area (Å²) in [4.78, 5) is 12.8. The molecule has 1 aromatic rings. The molecule has 0 bridgehead atoms. The Bertz CT molecular complexity index is 572. The zero-order valence-electron chi connectivity index (χ0n) is 11.5. The van der Waals surface area contributed by atoms with Crippen molar-refractivity contribution in [2.45, 2.75) is 43.4 Å². The van der Waals surface area contributed by atoms with E-state index in [-0.39, 0.29) is 16.0 Å². The average Bonchev–Trinajstić information content (AvgIpc) is 2.85. The maximum atomic E-state index is 12.0. The first-order chi connectivity index (χ1) is 9.36. The molecule has 0 spiro atoms. The van der Waals surface area contributed by atoms with Crippen molar-refractivity contribution in [2.24, 2.45) is 17.0 Å². The van der Waals surface area contributed by atoms with Gasteiger partial charge in [0.05, 0.1) is 6.54 Å². The summed E-state index contributed by atoms with van der Waals surface area (Å²) < 4.78 is 22.5. The zero-order valence-corrected chi connectivity index (χ0v) is 13.1. The molecular weight excluding hydrogens is 296 g/mol. The van der Waals surface area contributed by atoms with Gasteiger partial charge in [-0.2, -0.15) is 0 Å². The summed E-state index contributed by atoms with van der Waals surface area (Å²) in [6.45, 7) is 2.58. The first kappa shape index (κ1) is 15.5. The van der Waals surface area contributed by atoms with Crippen LogP contribution in [0.15, 0.2) is 16.3 Å². The maximum absolute atomic E-state index is 12.0. The standard InChI is InChI=1S/C13H20N2O3S2/c1-9-2-4-10(5-3-9)13(16)15-8-11-6-7-12(19-11)20(14,17)18/h6-7,9-10H,2-5,8H2,1H3,(H,15,16)(H2,14,17,18). The van der Waals surface area contributed by atoms with Gasteiger partial charge in [-0.05, 0) is 43.7 Å². The van der Waals surface area contributed by atoms with Gasteiger partial charge in [0.2, 0.25) is 15.9 Å². The summed E-state index contributed by atoms with van der Waals surface area (Å²) in [5.41, 5.74) is 0. The number of sulfonamides is 1. The van der Waals surface area contributed by atoms with Crippen LogP contribution >= 0.6 is 11.3 Å². The van der Waals surface area contributed by atoms with Crippen molar-refractivity contribution < 1.29 is 13.2 Å². The highest BCUT2D eigenvalue weighted by Crippen LogP contribution is 2.28. The molecule has 7 heteroatoms. The number of rotatable bonds is 4. The average molecular weight is 316 g/mol. The number of nitrogens with two attached hydrogens (primary N) is 1. The second-order valence-corrected chi connectivity index (χ2v) is 8.40. The number of amides is 1. The molecule has 0 saturated heterocycles. The smallest absolute Gasteiger partial charge is 0.247 e. The molecule has 20 heavy (non-hydrogen) atoms. The molecule has 0 aliphatic heterocycles. The minimum absolute atomic E-state index is 0.0717. The minimum atomic E-state index is -3.64. The van der Waals surface area contributed by atoms with Crippen molar-refractivity contribution in [3.05, 3.63) is 17.0 Å². The first-order valence-corrected chi connectivity index (χ1v) is 9.12. The Labute approximate surface area is 123 Å². The van der Waals surface area contributed by atoms with Crippen molar-refractivity contribution >= 4 is 27.3 Å². The molecule has 112 valence electrons. The molecule has 1 fully saturated rings. The highest BCUT2D eigenvalue weighted by atomic mass is 32.2. The molecule has 1 amide bonds. The molecule has 1 aliphatic rings. The predicted octanol–water partition coefficient (Wildman–Crippen LogP) is 1.84. The van der Waals surface area contributed by atoms with Crippen LogP contribution in [-0.4, -0.2) is 14.3 Å². The second-order valence-electron chi connectivity index (χ2n) is 5.44. The number of hydrogen-bond donors (Lipinski definition) is 2. The molecule has 1 saturated carbocycles. The van der Waals surface area contributed by atoms with Crippen LogP contribution in [0.3, 0.4) is 0 Å². The van der Waals surface area contributed by atoms with E-state index in [9.17, 15) is 13.2 Å². The van der Waals surface area contributed by atoms with E-state index in [0.717, 1.165) is 41.9 Å². The number of carbonyl (C=O) groups excluding carboxylic acids is 1. The zero-order chi connectivity index (χ0) is 14.8. The van der Waals surface area contributed by atoms with E-state index in [2.05, 4.69) is 12.2 Å². The van der Waals surface area contributed by atoms with Crippen LogP contribution < -0.4 is 10.5 Å². The summed E-state index contributed by atoms with van der Waals surface area (Å²) >= 11 is 1.10. The Morgan fingerprint density at radius 1 is 1.35 bits per heavy atom. The van der Waals surface area contributed by atoms with E-state index in [4.69, 9.17) is 5.14 Å². The minimum Gasteiger partial charge on any atom is -0.351 e. The lowest BCUT2D eigenvalue weighted by molar-refractivity contribution is -0.126. The van der Waals surface area contributed by atoms with Crippen LogP contribution in [0.4, 0.5) is 0 Å². The molecular formula is C13H20N2O3S2. The SMILES string of the molecule is CC1CCC(C(=O)NCc2ccc(S(N)(=O)=O)s2)CC1. The van der Waals surface area contributed by atoms with Crippen molar-refractivity contribution in [3.63, 3.8) is 0 Å². The Morgan fingerprint density at radius 3 is 2.55 bits per heavy atom. The molecule has 0 aromatic carbocycles. The number of thiophene rings is 1. The molecule has 3 N–H and O–H groups in total. The molecule has 2 rings (SSSR count). The van der Waals surface area contributed by atoms with E-state index >= 15 is 0 Å². The van der Waals surface area contributed by atoms with E-state index in [1.807, 2.05) is 0 Å². The summed E-state index contributed by atoms with van der Waals surface area (Å²) in [5.74, 6) is 0.889. The molecule has 5 nitrogen and oxygen atoms in total. The maximum Gasteiger partial charge on any atom is 0.247 e. The lowest BCUT2D eigenvalue weighted by Crippen LogP contribution is -2.32. The van der Waals surface area contributed by atoms with Gasteiger partial charge in [-0.15, -0.1) is 11.3 Å². The van der Waals surface area contributed by atoms with Gasteiger partial charge in [0, 0.05) is 10.8 Å². The summed E-state index contributed by atoms with van der Waals surface area (Å²) in [5, 5.41) is 7.94. The lowest BCUT2D eigenvalue weighted by Gasteiger charge is -2.25. The van der Waals surface area contributed by atoms with Crippen LogP contribution in [0.5, 0.6) is 0 Å². The number of hydrogen-bond acceptors (Lipinski definition) is 4. The van der Waals surface area contributed by atoms with Crippen LogP contribution in [-0.2, 0) is 21.4 Å². The Morgan fingerprint density at radius 2 is 2.00 bits per heavy atom. The fourth-order valence-electron chi connectivity index (χ4n) is 2.45. The van der Waals surface area contributed by atoms with E-state index in [1.54, 1.807) is 6.07 Å². The van der Waals surface area contributed by atoms with Gasteiger partial charge in [-0.1, -0.05) is 6.92 Å². The van der Waals surface area contributed by atoms with Crippen molar-refractivity contribution in [2.75, 3.05) is 0 Å². The number of nitrogens with one attached hydrogen (secondary N) is 1. The highest BCUT2D eigenvalue weighted by Gasteiger charge is 2.24. The highest BCUT2D eigenvalue weighted by molar-refractivity contribution is 7.91. The molecule has 1 aliphatic carbocycles. The van der Waals surface area contributed by atoms with Crippen molar-refractivity contribution in [3.8, 4) is 0 Å². The third-order valence-corrected chi connectivity index (χ3v) is 6.26. The van der Waals surface area contributed by atoms with Gasteiger partial charge in [0.25, 0.3) is 0 Å². The van der Waals surface area contributed by atoms with Crippen molar-refractivity contribution in [1.82, 2.24) is 5.32 Å². The van der Waals surface area contributed by atoms with E-state index < -0.39 is 10.0 Å².